The van der Waals surface area contributed by atoms with E-state index < -0.39 is 10.0 Å². The first-order valence-electron chi connectivity index (χ1n) is 10.7. The van der Waals surface area contributed by atoms with Crippen molar-refractivity contribution in [3.8, 4) is 23.0 Å². The summed E-state index contributed by atoms with van der Waals surface area (Å²) in [5, 5.41) is 2.83. The molecule has 176 valence electrons. The Morgan fingerprint density at radius 1 is 0.824 bits per heavy atom. The number of fused-ring (bicyclic) bond motifs is 2. The molecular weight excluding hydrogens is 460 g/mol. The van der Waals surface area contributed by atoms with Gasteiger partial charge in [0.15, 0.2) is 23.0 Å². The highest BCUT2D eigenvalue weighted by atomic mass is 32.2. The number of hydrogen-bond donors (Lipinski definition) is 2. The second kappa shape index (κ2) is 9.14. The minimum atomic E-state index is -3.91. The number of benzene rings is 3. The first kappa shape index (κ1) is 21.9. The molecule has 2 aliphatic rings. The van der Waals surface area contributed by atoms with Gasteiger partial charge in [-0.3, -0.25) is 9.52 Å². The maximum Gasteiger partial charge on any atom is 0.262 e. The summed E-state index contributed by atoms with van der Waals surface area (Å²) in [7, 11) is -3.91. The van der Waals surface area contributed by atoms with Crippen molar-refractivity contribution in [1.82, 2.24) is 5.32 Å². The normalized spacial score (nSPS) is 14.2. The standard InChI is InChI=1S/C24H22N2O7S/c27-24(25-14-16-5-7-21-22(11-16)33-15-32-21)17-3-1-4-18(12-17)26-34(28,29)19-6-8-20-23(13-19)31-10-2-9-30-20/h1,3-8,11-13,26H,2,9-10,14-15H2,(H,25,27). The van der Waals surface area contributed by atoms with Crippen molar-refractivity contribution < 1.29 is 32.2 Å². The van der Waals surface area contributed by atoms with Crippen LogP contribution in [-0.4, -0.2) is 34.3 Å². The minimum Gasteiger partial charge on any atom is -0.490 e. The number of carbonyl (C=O) groups is 1. The largest absolute Gasteiger partial charge is 0.490 e. The van der Waals surface area contributed by atoms with Crippen LogP contribution in [0.2, 0.25) is 0 Å². The first-order chi connectivity index (χ1) is 16.5. The van der Waals surface area contributed by atoms with Crippen molar-refractivity contribution in [2.24, 2.45) is 0 Å². The van der Waals surface area contributed by atoms with Crippen LogP contribution in [0.5, 0.6) is 23.0 Å². The van der Waals surface area contributed by atoms with Gasteiger partial charge in [-0.1, -0.05) is 12.1 Å². The van der Waals surface area contributed by atoms with Gasteiger partial charge in [0, 0.05) is 30.3 Å². The van der Waals surface area contributed by atoms with E-state index in [-0.39, 0.29) is 29.8 Å². The van der Waals surface area contributed by atoms with Gasteiger partial charge in [-0.15, -0.1) is 0 Å². The Balaban J connectivity index is 1.27. The third-order valence-corrected chi connectivity index (χ3v) is 6.68. The van der Waals surface area contributed by atoms with Crippen molar-refractivity contribution in [3.63, 3.8) is 0 Å². The Morgan fingerprint density at radius 2 is 1.56 bits per heavy atom. The van der Waals surface area contributed by atoms with E-state index in [1.807, 2.05) is 12.1 Å². The summed E-state index contributed by atoms with van der Waals surface area (Å²) in [6, 6.07) is 16.2. The molecule has 0 radical (unpaired) electrons. The average molecular weight is 483 g/mol. The van der Waals surface area contributed by atoms with Crippen LogP contribution >= 0.6 is 0 Å². The lowest BCUT2D eigenvalue weighted by Gasteiger charge is -2.12. The molecule has 0 aromatic heterocycles. The van der Waals surface area contributed by atoms with Crippen molar-refractivity contribution in [2.75, 3.05) is 24.7 Å². The van der Waals surface area contributed by atoms with Crippen LogP contribution in [0.15, 0.2) is 65.6 Å². The summed E-state index contributed by atoms with van der Waals surface area (Å²) in [4.78, 5) is 12.7. The minimum absolute atomic E-state index is 0.0365. The third kappa shape index (κ3) is 4.72. The first-order valence-corrected chi connectivity index (χ1v) is 12.2. The molecule has 0 fully saturated rings. The summed E-state index contributed by atoms with van der Waals surface area (Å²) in [6.07, 6.45) is 0.721. The average Bonchev–Trinajstić information content (AvgIpc) is 3.18. The van der Waals surface area contributed by atoms with Gasteiger partial charge >= 0.3 is 0 Å². The van der Waals surface area contributed by atoms with Gasteiger partial charge in [-0.25, -0.2) is 8.42 Å². The molecule has 2 heterocycles. The number of hydrogen-bond acceptors (Lipinski definition) is 7. The highest BCUT2D eigenvalue weighted by Gasteiger charge is 2.20. The summed E-state index contributed by atoms with van der Waals surface area (Å²) in [6.45, 7) is 1.43. The smallest absolute Gasteiger partial charge is 0.262 e. The molecule has 0 atom stereocenters. The zero-order chi connectivity index (χ0) is 23.5. The van der Waals surface area contributed by atoms with Crippen LogP contribution in [0.25, 0.3) is 0 Å². The Kier molecular flexibility index (Phi) is 5.89. The zero-order valence-electron chi connectivity index (χ0n) is 18.1. The van der Waals surface area contributed by atoms with Crippen molar-refractivity contribution in [1.29, 1.82) is 0 Å². The maximum atomic E-state index is 12.9. The van der Waals surface area contributed by atoms with Crippen LogP contribution in [0.4, 0.5) is 5.69 Å². The summed E-state index contributed by atoms with van der Waals surface area (Å²) in [5.74, 6) is 1.87. The summed E-state index contributed by atoms with van der Waals surface area (Å²) >= 11 is 0. The third-order valence-electron chi connectivity index (χ3n) is 5.30. The zero-order valence-corrected chi connectivity index (χ0v) is 18.9. The molecule has 3 aromatic rings. The number of amides is 1. The molecule has 10 heteroatoms. The number of nitrogens with one attached hydrogen (secondary N) is 2. The quantitative estimate of drug-likeness (QED) is 0.554. The second-order valence-corrected chi connectivity index (χ2v) is 9.40. The number of rotatable bonds is 6. The Hall–Kier alpha value is -3.92. The van der Waals surface area contributed by atoms with Gasteiger partial charge in [-0.2, -0.15) is 0 Å². The van der Waals surface area contributed by atoms with Gasteiger partial charge in [0.1, 0.15) is 0 Å². The Labute approximate surface area is 196 Å². The molecule has 0 saturated heterocycles. The Morgan fingerprint density at radius 3 is 2.44 bits per heavy atom. The molecule has 0 unspecified atom stereocenters. The van der Waals surface area contributed by atoms with Crippen molar-refractivity contribution in [3.05, 3.63) is 71.8 Å². The van der Waals surface area contributed by atoms with Crippen LogP contribution < -0.4 is 29.0 Å². The van der Waals surface area contributed by atoms with Crippen LogP contribution in [0.1, 0.15) is 22.3 Å². The topological polar surface area (TPSA) is 112 Å². The molecule has 9 nitrogen and oxygen atoms in total. The Bertz CT molecular complexity index is 1340. The number of carbonyl (C=O) groups excluding carboxylic acids is 1. The van der Waals surface area contributed by atoms with Gasteiger partial charge in [0.25, 0.3) is 15.9 Å². The van der Waals surface area contributed by atoms with Gasteiger partial charge < -0.3 is 24.3 Å². The SMILES string of the molecule is O=C(NCc1ccc2c(c1)OCO2)c1cccc(NS(=O)(=O)c2ccc3c(c2)OCCCO3)c1. The van der Waals surface area contributed by atoms with Crippen LogP contribution in [-0.2, 0) is 16.6 Å². The molecule has 1 amide bonds. The van der Waals surface area contributed by atoms with Crippen molar-refractivity contribution >= 4 is 21.6 Å². The van der Waals surface area contributed by atoms with E-state index in [4.69, 9.17) is 18.9 Å². The van der Waals surface area contributed by atoms with Gasteiger partial charge in [-0.05, 0) is 48.0 Å². The molecule has 2 aliphatic heterocycles. The molecule has 5 rings (SSSR count). The molecule has 0 spiro atoms. The summed E-state index contributed by atoms with van der Waals surface area (Å²) < 4.78 is 50.2. The fraction of sp³-hybridized carbons (Fsp3) is 0.208. The lowest BCUT2D eigenvalue weighted by atomic mass is 10.1. The predicted molar refractivity (Wildman–Crippen MR) is 123 cm³/mol. The monoisotopic (exact) mass is 482 g/mol. The van der Waals surface area contributed by atoms with E-state index in [1.54, 1.807) is 30.3 Å². The molecular formula is C24H22N2O7S. The molecule has 0 bridgehead atoms. The molecule has 2 N–H and O–H groups in total. The van der Waals surface area contributed by atoms with Gasteiger partial charge in [0.2, 0.25) is 6.79 Å². The number of anilines is 1. The van der Waals surface area contributed by atoms with E-state index in [0.29, 0.717) is 41.8 Å². The lowest BCUT2D eigenvalue weighted by molar-refractivity contribution is 0.0951. The molecule has 0 saturated carbocycles. The molecule has 34 heavy (non-hydrogen) atoms. The predicted octanol–water partition coefficient (Wildman–Crippen LogP) is 3.31. The van der Waals surface area contributed by atoms with E-state index in [0.717, 1.165) is 12.0 Å². The maximum absolute atomic E-state index is 12.9. The number of sulfonamides is 1. The van der Waals surface area contributed by atoms with Crippen LogP contribution in [0, 0.1) is 0 Å². The van der Waals surface area contributed by atoms with Crippen LogP contribution in [0.3, 0.4) is 0 Å². The van der Waals surface area contributed by atoms with E-state index in [2.05, 4.69) is 10.0 Å². The lowest BCUT2D eigenvalue weighted by Crippen LogP contribution is -2.23. The van der Waals surface area contributed by atoms with E-state index >= 15 is 0 Å². The second-order valence-electron chi connectivity index (χ2n) is 7.72. The number of ether oxygens (including phenoxy) is 4. The fourth-order valence-corrected chi connectivity index (χ4v) is 4.65. The highest BCUT2D eigenvalue weighted by Crippen LogP contribution is 2.33. The fourth-order valence-electron chi connectivity index (χ4n) is 3.58. The highest BCUT2D eigenvalue weighted by molar-refractivity contribution is 7.92. The van der Waals surface area contributed by atoms with Crippen molar-refractivity contribution in [2.45, 2.75) is 17.9 Å². The molecule has 0 aliphatic carbocycles. The van der Waals surface area contributed by atoms with E-state index in [1.165, 1.54) is 18.2 Å². The molecule has 3 aromatic carbocycles. The summed E-state index contributed by atoms with van der Waals surface area (Å²) in [5.41, 5.74) is 1.44. The van der Waals surface area contributed by atoms with Gasteiger partial charge in [0.05, 0.1) is 18.1 Å². The van der Waals surface area contributed by atoms with E-state index in [9.17, 15) is 13.2 Å².